The molecular weight excluding hydrogens is 426 g/mol. The number of carbonyl (C=O) groups excluding carboxylic acids is 1. The van der Waals surface area contributed by atoms with Gasteiger partial charge in [-0.05, 0) is 47.5 Å². The molecule has 0 atom stereocenters. The van der Waals surface area contributed by atoms with Crippen LogP contribution in [0.15, 0.2) is 32.0 Å². The molecule has 0 aliphatic rings. The monoisotopic (exact) mass is 441 g/mol. The van der Waals surface area contributed by atoms with Gasteiger partial charge in [-0.15, -0.1) is 0 Å². The van der Waals surface area contributed by atoms with Gasteiger partial charge in [0.25, 0.3) is 0 Å². The first kappa shape index (κ1) is 18.6. The molecule has 21 heavy (non-hydrogen) atoms. The van der Waals surface area contributed by atoms with Gasteiger partial charge >= 0.3 is 5.97 Å². The molecule has 0 heterocycles. The standard InChI is InChI=1S/C13H17Br2NO4S/c1-3-7-16(9-13(17)20-4-2)21(18,19)12-8-10(14)5-6-11(12)15/h5-6,8H,3-4,7,9H2,1-2H3. The Bertz CT molecular complexity index is 604. The van der Waals surface area contributed by atoms with Gasteiger partial charge in [0.05, 0.1) is 11.5 Å². The number of esters is 1. The van der Waals surface area contributed by atoms with E-state index in [1.54, 1.807) is 19.1 Å². The number of rotatable bonds is 7. The lowest BCUT2D eigenvalue weighted by atomic mass is 10.4. The van der Waals surface area contributed by atoms with E-state index in [2.05, 4.69) is 31.9 Å². The van der Waals surface area contributed by atoms with Gasteiger partial charge in [0.1, 0.15) is 6.54 Å². The van der Waals surface area contributed by atoms with Crippen LogP contribution in [0.3, 0.4) is 0 Å². The van der Waals surface area contributed by atoms with E-state index in [1.807, 2.05) is 6.92 Å². The van der Waals surface area contributed by atoms with Crippen molar-refractivity contribution in [3.8, 4) is 0 Å². The Balaban J connectivity index is 3.15. The van der Waals surface area contributed by atoms with Gasteiger partial charge in [0.15, 0.2) is 0 Å². The highest BCUT2D eigenvalue weighted by Crippen LogP contribution is 2.28. The summed E-state index contributed by atoms with van der Waals surface area (Å²) in [6.45, 7) is 3.72. The van der Waals surface area contributed by atoms with E-state index in [0.717, 1.165) is 4.31 Å². The molecule has 0 fully saturated rings. The molecule has 0 saturated carbocycles. The number of ether oxygens (including phenoxy) is 1. The normalized spacial score (nSPS) is 11.7. The molecule has 0 unspecified atom stereocenters. The minimum atomic E-state index is -3.77. The molecule has 0 bridgehead atoms. The molecule has 0 radical (unpaired) electrons. The topological polar surface area (TPSA) is 63.7 Å². The van der Waals surface area contributed by atoms with Crippen molar-refractivity contribution in [2.24, 2.45) is 0 Å². The van der Waals surface area contributed by atoms with Gasteiger partial charge in [-0.2, -0.15) is 4.31 Å². The lowest BCUT2D eigenvalue weighted by Crippen LogP contribution is -2.37. The molecule has 1 aromatic carbocycles. The number of carbonyl (C=O) groups is 1. The average molecular weight is 443 g/mol. The van der Waals surface area contributed by atoms with E-state index >= 15 is 0 Å². The Morgan fingerprint density at radius 1 is 1.29 bits per heavy atom. The van der Waals surface area contributed by atoms with E-state index in [9.17, 15) is 13.2 Å². The second kappa shape index (κ2) is 8.26. The molecule has 0 aromatic heterocycles. The lowest BCUT2D eigenvalue weighted by Gasteiger charge is -2.21. The summed E-state index contributed by atoms with van der Waals surface area (Å²) in [7, 11) is -3.77. The van der Waals surface area contributed by atoms with Crippen LogP contribution in [0.5, 0.6) is 0 Å². The summed E-state index contributed by atoms with van der Waals surface area (Å²) < 4.78 is 32.5. The highest BCUT2D eigenvalue weighted by molar-refractivity contribution is 9.11. The summed E-state index contributed by atoms with van der Waals surface area (Å²) in [6.07, 6.45) is 0.601. The van der Waals surface area contributed by atoms with Crippen molar-refractivity contribution in [3.05, 3.63) is 27.1 Å². The number of hydrogen-bond donors (Lipinski definition) is 0. The van der Waals surface area contributed by atoms with Crippen molar-refractivity contribution < 1.29 is 17.9 Å². The van der Waals surface area contributed by atoms with Crippen molar-refractivity contribution >= 4 is 47.9 Å². The maximum absolute atomic E-state index is 12.7. The summed E-state index contributed by atoms with van der Waals surface area (Å²) in [5.41, 5.74) is 0. The third-order valence-electron chi connectivity index (χ3n) is 2.59. The number of hydrogen-bond acceptors (Lipinski definition) is 4. The molecule has 0 aliphatic carbocycles. The molecular formula is C13H17Br2NO4S. The largest absolute Gasteiger partial charge is 0.465 e. The lowest BCUT2D eigenvalue weighted by molar-refractivity contribution is -0.143. The fourth-order valence-corrected chi connectivity index (χ4v) is 4.64. The molecule has 1 aromatic rings. The maximum Gasteiger partial charge on any atom is 0.321 e. The van der Waals surface area contributed by atoms with Crippen LogP contribution in [0.2, 0.25) is 0 Å². The molecule has 8 heteroatoms. The summed E-state index contributed by atoms with van der Waals surface area (Å²) in [6, 6.07) is 4.89. The highest BCUT2D eigenvalue weighted by Gasteiger charge is 2.28. The van der Waals surface area contributed by atoms with Crippen LogP contribution in [0.1, 0.15) is 20.3 Å². The summed E-state index contributed by atoms with van der Waals surface area (Å²) in [4.78, 5) is 11.7. The fourth-order valence-electron chi connectivity index (χ4n) is 1.70. The van der Waals surface area contributed by atoms with Gasteiger partial charge in [-0.3, -0.25) is 4.79 Å². The first-order valence-electron chi connectivity index (χ1n) is 6.43. The zero-order chi connectivity index (χ0) is 16.0. The van der Waals surface area contributed by atoms with Crippen molar-refractivity contribution in [1.82, 2.24) is 4.31 Å². The Morgan fingerprint density at radius 2 is 1.95 bits per heavy atom. The van der Waals surface area contributed by atoms with Gasteiger partial charge in [0.2, 0.25) is 10.0 Å². The van der Waals surface area contributed by atoms with Crippen molar-refractivity contribution in [2.75, 3.05) is 19.7 Å². The first-order valence-corrected chi connectivity index (χ1v) is 9.46. The minimum absolute atomic E-state index is 0.120. The number of nitrogens with zero attached hydrogens (tertiary/aromatic N) is 1. The number of sulfonamides is 1. The van der Waals surface area contributed by atoms with Crippen molar-refractivity contribution in [1.29, 1.82) is 0 Å². The van der Waals surface area contributed by atoms with E-state index < -0.39 is 16.0 Å². The van der Waals surface area contributed by atoms with Crippen molar-refractivity contribution in [3.63, 3.8) is 0 Å². The van der Waals surface area contributed by atoms with Crippen LogP contribution in [-0.2, 0) is 19.6 Å². The number of halogens is 2. The predicted molar refractivity (Wildman–Crippen MR) is 87.5 cm³/mol. The molecule has 118 valence electrons. The SMILES string of the molecule is CCCN(CC(=O)OCC)S(=O)(=O)c1cc(Br)ccc1Br. The average Bonchev–Trinajstić information content (AvgIpc) is 2.41. The molecule has 5 nitrogen and oxygen atoms in total. The van der Waals surface area contributed by atoms with Gasteiger partial charge in [0, 0.05) is 15.5 Å². The van der Waals surface area contributed by atoms with Crippen LogP contribution in [0, 0.1) is 0 Å². The molecule has 0 spiro atoms. The predicted octanol–water partition coefficient (Wildman–Crippen LogP) is 3.18. The highest BCUT2D eigenvalue weighted by atomic mass is 79.9. The Labute approximate surface area is 142 Å². The summed E-state index contributed by atoms with van der Waals surface area (Å²) in [5, 5.41) is 0. The van der Waals surface area contributed by atoms with Crippen LogP contribution in [0.25, 0.3) is 0 Å². The smallest absolute Gasteiger partial charge is 0.321 e. The quantitative estimate of drug-likeness (QED) is 0.608. The minimum Gasteiger partial charge on any atom is -0.465 e. The third kappa shape index (κ3) is 5.05. The Kier molecular flexibility index (Phi) is 7.32. The van der Waals surface area contributed by atoms with E-state index in [0.29, 0.717) is 15.4 Å². The van der Waals surface area contributed by atoms with E-state index in [-0.39, 0.29) is 24.6 Å². The Morgan fingerprint density at radius 3 is 2.52 bits per heavy atom. The molecule has 0 N–H and O–H groups in total. The Hall–Kier alpha value is -0.440. The first-order chi connectivity index (χ1) is 9.82. The van der Waals surface area contributed by atoms with Crippen LogP contribution in [-0.4, -0.2) is 38.4 Å². The van der Waals surface area contributed by atoms with Gasteiger partial charge < -0.3 is 4.74 Å². The van der Waals surface area contributed by atoms with Crippen LogP contribution < -0.4 is 0 Å². The molecule has 0 saturated heterocycles. The fraction of sp³-hybridized carbons (Fsp3) is 0.462. The zero-order valence-corrected chi connectivity index (χ0v) is 15.8. The summed E-state index contributed by atoms with van der Waals surface area (Å²) >= 11 is 6.50. The van der Waals surface area contributed by atoms with Crippen LogP contribution in [0.4, 0.5) is 0 Å². The molecule has 1 rings (SSSR count). The second-order valence-corrected chi connectivity index (χ2v) is 7.89. The maximum atomic E-state index is 12.7. The van der Waals surface area contributed by atoms with Crippen LogP contribution >= 0.6 is 31.9 Å². The third-order valence-corrected chi connectivity index (χ3v) is 5.93. The van der Waals surface area contributed by atoms with Gasteiger partial charge in [-0.25, -0.2) is 8.42 Å². The van der Waals surface area contributed by atoms with Gasteiger partial charge in [-0.1, -0.05) is 22.9 Å². The van der Waals surface area contributed by atoms with E-state index in [1.165, 1.54) is 6.07 Å². The summed E-state index contributed by atoms with van der Waals surface area (Å²) in [5.74, 6) is -0.555. The zero-order valence-electron chi connectivity index (χ0n) is 11.8. The van der Waals surface area contributed by atoms with Crippen molar-refractivity contribution in [2.45, 2.75) is 25.2 Å². The number of benzene rings is 1. The second-order valence-electron chi connectivity index (χ2n) is 4.22. The van der Waals surface area contributed by atoms with E-state index in [4.69, 9.17) is 4.74 Å². The molecule has 0 amide bonds. The molecule has 0 aliphatic heterocycles.